The van der Waals surface area contributed by atoms with E-state index < -0.39 is 6.10 Å². The summed E-state index contributed by atoms with van der Waals surface area (Å²) < 4.78 is 10.8. The van der Waals surface area contributed by atoms with Crippen LogP contribution in [0.15, 0.2) is 48.5 Å². The molecule has 0 spiro atoms. The minimum atomic E-state index is -0.563. The van der Waals surface area contributed by atoms with Crippen molar-refractivity contribution in [2.75, 3.05) is 13.7 Å². The molecule has 3 N–H and O–H groups in total. The van der Waals surface area contributed by atoms with E-state index >= 15 is 0 Å². The molecule has 0 bridgehead atoms. The van der Waals surface area contributed by atoms with E-state index in [1.807, 2.05) is 36.4 Å². The van der Waals surface area contributed by atoms with Gasteiger partial charge in [-0.2, -0.15) is 0 Å². The number of carbonyl (C=O) groups excluding carboxylic acids is 1. The van der Waals surface area contributed by atoms with Crippen LogP contribution in [0.25, 0.3) is 0 Å². The van der Waals surface area contributed by atoms with Gasteiger partial charge in [0.2, 0.25) is 5.91 Å². The average Bonchev–Trinajstić information content (AvgIpc) is 2.70. The van der Waals surface area contributed by atoms with Gasteiger partial charge in [-0.15, -0.1) is 0 Å². The smallest absolute Gasteiger partial charge is 0.248 e. The van der Waals surface area contributed by atoms with Crippen molar-refractivity contribution in [3.63, 3.8) is 0 Å². The second-order valence-corrected chi connectivity index (χ2v) is 6.98. The summed E-state index contributed by atoms with van der Waals surface area (Å²) >= 11 is 0. The summed E-state index contributed by atoms with van der Waals surface area (Å²) in [6, 6.07) is 15.6. The van der Waals surface area contributed by atoms with Crippen LogP contribution in [-0.4, -0.2) is 25.7 Å². The molecule has 2 atom stereocenters. The first-order chi connectivity index (χ1) is 12.9. The fourth-order valence-electron chi connectivity index (χ4n) is 2.66. The summed E-state index contributed by atoms with van der Waals surface area (Å²) in [6.45, 7) is 6.75. The van der Waals surface area contributed by atoms with Gasteiger partial charge >= 0.3 is 0 Å². The Balaban J connectivity index is 1.79. The highest BCUT2D eigenvalue weighted by atomic mass is 16.5. The minimum Gasteiger partial charge on any atom is -0.497 e. The van der Waals surface area contributed by atoms with Crippen molar-refractivity contribution in [1.29, 1.82) is 0 Å². The largest absolute Gasteiger partial charge is 0.497 e. The monoisotopic (exact) mass is 370 g/mol. The van der Waals surface area contributed by atoms with Gasteiger partial charge in [0.25, 0.3) is 0 Å². The summed E-state index contributed by atoms with van der Waals surface area (Å²) in [5, 5.41) is 2.86. The van der Waals surface area contributed by atoms with Gasteiger partial charge < -0.3 is 20.5 Å². The Hall–Kier alpha value is -2.37. The Morgan fingerprint density at radius 3 is 2.37 bits per heavy atom. The number of benzene rings is 2. The zero-order valence-corrected chi connectivity index (χ0v) is 16.6. The molecule has 2 unspecified atom stereocenters. The highest BCUT2D eigenvalue weighted by molar-refractivity contribution is 5.80. The number of methoxy groups -OCH3 is 1. The average molecular weight is 370 g/mol. The van der Waals surface area contributed by atoms with Gasteiger partial charge in [-0.25, -0.2) is 0 Å². The van der Waals surface area contributed by atoms with Crippen molar-refractivity contribution in [3.05, 3.63) is 65.2 Å². The van der Waals surface area contributed by atoms with Gasteiger partial charge in [0, 0.05) is 12.6 Å². The van der Waals surface area contributed by atoms with Crippen LogP contribution in [0, 0.1) is 0 Å². The van der Waals surface area contributed by atoms with E-state index in [1.54, 1.807) is 14.0 Å². The normalized spacial score (nSPS) is 13.3. The van der Waals surface area contributed by atoms with Gasteiger partial charge in [0.1, 0.15) is 11.9 Å². The second-order valence-electron chi connectivity index (χ2n) is 6.98. The lowest BCUT2D eigenvalue weighted by Gasteiger charge is -2.17. The zero-order chi connectivity index (χ0) is 19.8. The fourth-order valence-corrected chi connectivity index (χ4v) is 2.66. The predicted molar refractivity (Wildman–Crippen MR) is 108 cm³/mol. The minimum absolute atomic E-state index is 0.174. The Labute approximate surface area is 161 Å². The van der Waals surface area contributed by atoms with Crippen LogP contribution in [-0.2, 0) is 16.1 Å². The highest BCUT2D eigenvalue weighted by Crippen LogP contribution is 2.17. The van der Waals surface area contributed by atoms with Crippen molar-refractivity contribution in [1.82, 2.24) is 5.32 Å². The van der Waals surface area contributed by atoms with E-state index in [0.29, 0.717) is 19.1 Å². The Morgan fingerprint density at radius 1 is 1.07 bits per heavy atom. The molecule has 5 heteroatoms. The van der Waals surface area contributed by atoms with Crippen LogP contribution in [0.2, 0.25) is 0 Å². The fraction of sp³-hybridized carbons (Fsp3) is 0.409. The quantitative estimate of drug-likeness (QED) is 0.708. The molecule has 2 aromatic rings. The lowest BCUT2D eigenvalue weighted by atomic mass is 9.99. The van der Waals surface area contributed by atoms with Crippen molar-refractivity contribution >= 4 is 5.91 Å². The molecule has 1 amide bonds. The number of ether oxygens (including phenoxy) is 2. The molecule has 0 saturated carbocycles. The molecular weight excluding hydrogens is 340 g/mol. The van der Waals surface area contributed by atoms with E-state index in [4.69, 9.17) is 15.2 Å². The summed E-state index contributed by atoms with van der Waals surface area (Å²) in [6.07, 6.45) is -0.563. The summed E-state index contributed by atoms with van der Waals surface area (Å²) in [5.74, 6) is 1.08. The number of amides is 1. The third kappa shape index (κ3) is 6.38. The maximum atomic E-state index is 12.3. The number of hydrogen-bond acceptors (Lipinski definition) is 4. The maximum absolute atomic E-state index is 12.3. The van der Waals surface area contributed by atoms with E-state index in [9.17, 15) is 4.79 Å². The number of nitrogens with two attached hydrogens (primary N) is 1. The van der Waals surface area contributed by atoms with E-state index in [1.165, 1.54) is 5.56 Å². The zero-order valence-electron chi connectivity index (χ0n) is 16.6. The molecule has 2 rings (SSSR count). The molecule has 0 fully saturated rings. The predicted octanol–water partition coefficient (Wildman–Crippen LogP) is 3.54. The van der Waals surface area contributed by atoms with Crippen LogP contribution in [0.4, 0.5) is 0 Å². The standard InChI is InChI=1S/C22H30N2O3/c1-15(2)18-8-10-19(11-9-18)21(23)13-24-22(25)16(3)27-14-17-6-5-7-20(12-17)26-4/h5-12,15-16,21H,13-14,23H2,1-4H3,(H,24,25). The van der Waals surface area contributed by atoms with Gasteiger partial charge in [-0.05, 0) is 41.7 Å². The summed E-state index contributed by atoms with van der Waals surface area (Å²) in [5.41, 5.74) is 9.43. The number of hydrogen-bond donors (Lipinski definition) is 2. The maximum Gasteiger partial charge on any atom is 0.248 e. The first kappa shape index (κ1) is 20.9. The SMILES string of the molecule is COc1cccc(COC(C)C(=O)NCC(N)c2ccc(C(C)C)cc2)c1. The third-order valence-electron chi connectivity index (χ3n) is 4.53. The molecule has 0 heterocycles. The Bertz CT molecular complexity index is 729. The van der Waals surface area contributed by atoms with Crippen molar-refractivity contribution < 1.29 is 14.3 Å². The number of nitrogens with one attached hydrogen (secondary N) is 1. The van der Waals surface area contributed by atoms with Crippen molar-refractivity contribution in [2.24, 2.45) is 5.73 Å². The van der Waals surface area contributed by atoms with Crippen LogP contribution >= 0.6 is 0 Å². The molecular formula is C22H30N2O3. The molecule has 0 aromatic heterocycles. The first-order valence-electron chi connectivity index (χ1n) is 9.28. The van der Waals surface area contributed by atoms with Crippen LogP contribution in [0.3, 0.4) is 0 Å². The molecule has 0 radical (unpaired) electrons. The lowest BCUT2D eigenvalue weighted by molar-refractivity contribution is -0.132. The topological polar surface area (TPSA) is 73.6 Å². The molecule has 0 aliphatic rings. The van der Waals surface area contributed by atoms with Crippen LogP contribution in [0.1, 0.15) is 49.4 Å². The van der Waals surface area contributed by atoms with Crippen molar-refractivity contribution in [2.45, 2.75) is 45.4 Å². The van der Waals surface area contributed by atoms with Crippen LogP contribution in [0.5, 0.6) is 5.75 Å². The summed E-state index contributed by atoms with van der Waals surface area (Å²) in [4.78, 5) is 12.3. The molecule has 0 saturated heterocycles. The number of carbonyl (C=O) groups is 1. The molecule has 146 valence electrons. The molecule has 0 aliphatic carbocycles. The lowest BCUT2D eigenvalue weighted by Crippen LogP contribution is -2.38. The Morgan fingerprint density at radius 2 is 1.74 bits per heavy atom. The molecule has 5 nitrogen and oxygen atoms in total. The Kier molecular flexibility index (Phi) is 7.82. The van der Waals surface area contributed by atoms with Crippen molar-refractivity contribution in [3.8, 4) is 5.75 Å². The van der Waals surface area contributed by atoms with E-state index in [-0.39, 0.29) is 11.9 Å². The van der Waals surface area contributed by atoms with Gasteiger partial charge in [-0.1, -0.05) is 50.2 Å². The molecule has 0 aliphatic heterocycles. The molecule has 27 heavy (non-hydrogen) atoms. The highest BCUT2D eigenvalue weighted by Gasteiger charge is 2.15. The molecule has 2 aromatic carbocycles. The second kappa shape index (κ2) is 10.1. The number of rotatable bonds is 9. The van der Waals surface area contributed by atoms with Gasteiger partial charge in [-0.3, -0.25) is 4.79 Å². The van der Waals surface area contributed by atoms with E-state index in [0.717, 1.165) is 16.9 Å². The summed E-state index contributed by atoms with van der Waals surface area (Å²) in [7, 11) is 1.62. The third-order valence-corrected chi connectivity index (χ3v) is 4.53. The van der Waals surface area contributed by atoms with Gasteiger partial charge in [0.15, 0.2) is 0 Å². The van der Waals surface area contributed by atoms with E-state index in [2.05, 4.69) is 31.3 Å². The van der Waals surface area contributed by atoms with Crippen LogP contribution < -0.4 is 15.8 Å². The first-order valence-corrected chi connectivity index (χ1v) is 9.28. The van der Waals surface area contributed by atoms with Gasteiger partial charge in [0.05, 0.1) is 13.7 Å².